The van der Waals surface area contributed by atoms with Crippen LogP contribution >= 0.6 is 0 Å². The summed E-state index contributed by atoms with van der Waals surface area (Å²) in [5.41, 5.74) is 2.32. The first-order valence-electron chi connectivity index (χ1n) is 10.3. The van der Waals surface area contributed by atoms with Crippen LogP contribution in [0.4, 0.5) is 17.1 Å². The van der Waals surface area contributed by atoms with Crippen molar-refractivity contribution < 1.29 is 19.2 Å². The fourth-order valence-electron chi connectivity index (χ4n) is 3.47. The van der Waals surface area contributed by atoms with E-state index in [2.05, 4.69) is 15.5 Å². The van der Waals surface area contributed by atoms with E-state index in [-0.39, 0.29) is 18.3 Å². The van der Waals surface area contributed by atoms with Crippen molar-refractivity contribution in [3.8, 4) is 0 Å². The van der Waals surface area contributed by atoms with E-state index < -0.39 is 16.7 Å². The highest BCUT2D eigenvalue weighted by molar-refractivity contribution is 6.39. The molecule has 170 valence electrons. The zero-order valence-electron chi connectivity index (χ0n) is 18.1. The van der Waals surface area contributed by atoms with E-state index in [0.717, 1.165) is 24.3 Å². The molecule has 0 bridgehead atoms. The van der Waals surface area contributed by atoms with Crippen LogP contribution in [0.25, 0.3) is 0 Å². The summed E-state index contributed by atoms with van der Waals surface area (Å²) in [5, 5.41) is 15.9. The van der Waals surface area contributed by atoms with Gasteiger partial charge in [-0.05, 0) is 29.8 Å². The number of amides is 2. The number of non-ortho nitro benzene ring substituents is 1. The van der Waals surface area contributed by atoms with Crippen molar-refractivity contribution in [1.29, 1.82) is 0 Å². The molecule has 1 aliphatic rings. The monoisotopic (exact) mass is 441 g/mol. The Morgan fingerprint density at radius 2 is 1.69 bits per heavy atom. The summed E-state index contributed by atoms with van der Waals surface area (Å²) >= 11 is 0. The van der Waals surface area contributed by atoms with Gasteiger partial charge >= 0.3 is 11.8 Å². The molecule has 1 aliphatic heterocycles. The lowest BCUT2D eigenvalue weighted by atomic mass is 10.0. The Balaban J connectivity index is 1.64. The van der Waals surface area contributed by atoms with Gasteiger partial charge in [0.1, 0.15) is 0 Å². The number of nitro benzene ring substituents is 1. The molecule has 2 aromatic rings. The van der Waals surface area contributed by atoms with Gasteiger partial charge in [-0.2, -0.15) is 0 Å². The van der Waals surface area contributed by atoms with Gasteiger partial charge in [0.05, 0.1) is 24.2 Å². The summed E-state index contributed by atoms with van der Waals surface area (Å²) in [7, 11) is 3.94. The number of benzene rings is 2. The van der Waals surface area contributed by atoms with Crippen molar-refractivity contribution in [1.82, 2.24) is 10.2 Å². The smallest absolute Gasteiger partial charge is 0.313 e. The average molecular weight is 441 g/mol. The molecule has 1 heterocycles. The Hall–Kier alpha value is -3.50. The average Bonchev–Trinajstić information content (AvgIpc) is 2.80. The number of anilines is 2. The first kappa shape index (κ1) is 23.2. The fraction of sp³-hybridized carbons (Fsp3) is 0.364. The Morgan fingerprint density at radius 3 is 2.25 bits per heavy atom. The van der Waals surface area contributed by atoms with Crippen LogP contribution in [0, 0.1) is 10.1 Å². The van der Waals surface area contributed by atoms with E-state index in [1.165, 1.54) is 24.3 Å². The lowest BCUT2D eigenvalue weighted by Crippen LogP contribution is -2.45. The normalized spacial score (nSPS) is 14.9. The van der Waals surface area contributed by atoms with Gasteiger partial charge in [0.25, 0.3) is 5.69 Å². The molecule has 2 N–H and O–H groups in total. The molecule has 10 nitrogen and oxygen atoms in total. The van der Waals surface area contributed by atoms with E-state index in [1.54, 1.807) is 0 Å². The van der Waals surface area contributed by atoms with Gasteiger partial charge in [0, 0.05) is 57.2 Å². The number of rotatable bonds is 7. The van der Waals surface area contributed by atoms with Crippen LogP contribution in [-0.4, -0.2) is 68.6 Å². The summed E-state index contributed by atoms with van der Waals surface area (Å²) < 4.78 is 5.45. The van der Waals surface area contributed by atoms with Crippen LogP contribution in [0.1, 0.15) is 11.6 Å². The van der Waals surface area contributed by atoms with E-state index >= 15 is 0 Å². The molecule has 0 unspecified atom stereocenters. The predicted molar refractivity (Wildman–Crippen MR) is 121 cm³/mol. The van der Waals surface area contributed by atoms with Crippen LogP contribution in [-0.2, 0) is 14.3 Å². The number of hydrogen-bond acceptors (Lipinski definition) is 7. The number of nitrogens with one attached hydrogen (secondary N) is 2. The second-order valence-corrected chi connectivity index (χ2v) is 7.62. The second kappa shape index (κ2) is 10.7. The van der Waals surface area contributed by atoms with Crippen molar-refractivity contribution in [3.63, 3.8) is 0 Å². The van der Waals surface area contributed by atoms with Crippen LogP contribution in [0.15, 0.2) is 48.5 Å². The Morgan fingerprint density at radius 1 is 1.06 bits per heavy atom. The molecule has 0 aromatic heterocycles. The number of hydrogen-bond donors (Lipinski definition) is 2. The van der Waals surface area contributed by atoms with Crippen LogP contribution in [0.5, 0.6) is 0 Å². The summed E-state index contributed by atoms with van der Waals surface area (Å²) in [6.45, 7) is 2.94. The zero-order chi connectivity index (χ0) is 23.1. The van der Waals surface area contributed by atoms with Crippen LogP contribution < -0.4 is 15.5 Å². The Labute approximate surface area is 186 Å². The summed E-state index contributed by atoms with van der Waals surface area (Å²) in [6.07, 6.45) is 0. The van der Waals surface area contributed by atoms with Gasteiger partial charge in [-0.1, -0.05) is 12.1 Å². The highest BCUT2D eigenvalue weighted by atomic mass is 16.6. The largest absolute Gasteiger partial charge is 0.379 e. The topological polar surface area (TPSA) is 117 Å². The number of carbonyl (C=O) groups excluding carboxylic acids is 2. The van der Waals surface area contributed by atoms with Crippen LogP contribution in [0.3, 0.4) is 0 Å². The molecule has 2 amide bonds. The highest BCUT2D eigenvalue weighted by Gasteiger charge is 2.24. The Kier molecular flexibility index (Phi) is 7.74. The molecule has 1 fully saturated rings. The number of morpholine rings is 1. The summed E-state index contributed by atoms with van der Waals surface area (Å²) in [5.74, 6) is -1.60. The molecule has 1 saturated heterocycles. The molecule has 3 rings (SSSR count). The first-order chi connectivity index (χ1) is 15.3. The van der Waals surface area contributed by atoms with E-state index in [4.69, 9.17) is 4.74 Å². The summed E-state index contributed by atoms with van der Waals surface area (Å²) in [4.78, 5) is 39.1. The third kappa shape index (κ3) is 6.02. The van der Waals surface area contributed by atoms with E-state index in [1.807, 2.05) is 43.3 Å². The van der Waals surface area contributed by atoms with Crippen molar-refractivity contribution >= 4 is 28.9 Å². The van der Waals surface area contributed by atoms with Crippen molar-refractivity contribution in [3.05, 3.63) is 64.2 Å². The minimum absolute atomic E-state index is 0.0962. The minimum atomic E-state index is -0.831. The van der Waals surface area contributed by atoms with Gasteiger partial charge in [-0.3, -0.25) is 24.6 Å². The standard InChI is InChI=1S/C22H27N5O5/c1-25(2)18-7-3-16(4-8-18)20(26-11-13-32-14-12-26)15-23-21(28)22(29)24-17-5-9-19(10-6-17)27(30)31/h3-10,20H,11-15H2,1-2H3,(H,23,28)(H,24,29)/t20-/m0/s1. The molecular formula is C22H27N5O5. The molecule has 10 heteroatoms. The van der Waals surface area contributed by atoms with Crippen LogP contribution in [0.2, 0.25) is 0 Å². The Bertz CT molecular complexity index is 940. The van der Waals surface area contributed by atoms with Crippen molar-refractivity contribution in [2.45, 2.75) is 6.04 Å². The molecule has 0 saturated carbocycles. The maximum atomic E-state index is 12.4. The summed E-state index contributed by atoms with van der Waals surface area (Å²) in [6, 6.07) is 13.3. The maximum Gasteiger partial charge on any atom is 0.313 e. The maximum absolute atomic E-state index is 12.4. The number of nitrogens with zero attached hydrogens (tertiary/aromatic N) is 3. The molecule has 0 radical (unpaired) electrons. The van der Waals surface area contributed by atoms with E-state index in [0.29, 0.717) is 18.9 Å². The quantitative estimate of drug-likeness (QED) is 0.382. The third-order valence-electron chi connectivity index (χ3n) is 5.28. The van der Waals surface area contributed by atoms with Gasteiger partial charge in [0.15, 0.2) is 0 Å². The highest BCUT2D eigenvalue weighted by Crippen LogP contribution is 2.24. The zero-order valence-corrected chi connectivity index (χ0v) is 18.1. The fourth-order valence-corrected chi connectivity index (χ4v) is 3.47. The molecule has 2 aromatic carbocycles. The molecule has 1 atom stereocenters. The molecular weight excluding hydrogens is 414 g/mol. The molecule has 32 heavy (non-hydrogen) atoms. The lowest BCUT2D eigenvalue weighted by Gasteiger charge is -2.35. The predicted octanol–water partition coefficient (Wildman–Crippen LogP) is 1.79. The third-order valence-corrected chi connectivity index (χ3v) is 5.28. The van der Waals surface area contributed by atoms with Crippen molar-refractivity contribution in [2.24, 2.45) is 0 Å². The molecule has 0 spiro atoms. The number of carbonyl (C=O) groups is 2. The minimum Gasteiger partial charge on any atom is -0.379 e. The van der Waals surface area contributed by atoms with Gasteiger partial charge in [-0.15, -0.1) is 0 Å². The van der Waals surface area contributed by atoms with Gasteiger partial charge in [0.2, 0.25) is 0 Å². The lowest BCUT2D eigenvalue weighted by molar-refractivity contribution is -0.384. The van der Waals surface area contributed by atoms with Gasteiger partial charge < -0.3 is 20.3 Å². The first-order valence-corrected chi connectivity index (χ1v) is 10.3. The number of ether oxygens (including phenoxy) is 1. The van der Waals surface area contributed by atoms with Crippen molar-refractivity contribution in [2.75, 3.05) is 57.2 Å². The second-order valence-electron chi connectivity index (χ2n) is 7.62. The molecule has 0 aliphatic carbocycles. The number of nitro groups is 1. The SMILES string of the molecule is CN(C)c1ccc([C@H](CNC(=O)C(=O)Nc2ccc([N+](=O)[O-])cc2)N2CCOCC2)cc1. The van der Waals surface area contributed by atoms with Gasteiger partial charge in [-0.25, -0.2) is 0 Å². The van der Waals surface area contributed by atoms with E-state index in [9.17, 15) is 19.7 Å².